The molecule has 0 aliphatic heterocycles. The van der Waals surface area contributed by atoms with Crippen LogP contribution in [-0.4, -0.2) is 23.4 Å². The third kappa shape index (κ3) is 2.26. The molecule has 2 fully saturated rings. The van der Waals surface area contributed by atoms with Crippen molar-refractivity contribution >= 4 is 28.3 Å². The van der Waals surface area contributed by atoms with Gasteiger partial charge in [0.2, 0.25) is 0 Å². The van der Waals surface area contributed by atoms with Gasteiger partial charge in [0.25, 0.3) is 5.91 Å². The first-order valence-corrected chi connectivity index (χ1v) is 8.11. The molecule has 0 spiro atoms. The first-order chi connectivity index (χ1) is 9.60. The van der Waals surface area contributed by atoms with Crippen molar-refractivity contribution in [2.75, 3.05) is 18.1 Å². The van der Waals surface area contributed by atoms with Gasteiger partial charge in [-0.2, -0.15) is 4.37 Å². The molecule has 3 rings (SSSR count). The van der Waals surface area contributed by atoms with Crippen LogP contribution in [-0.2, 0) is 0 Å². The number of hydrogen-bond acceptors (Lipinski definition) is 5. The highest BCUT2D eigenvalue weighted by Gasteiger charge is 2.42. The second-order valence-electron chi connectivity index (χ2n) is 6.12. The van der Waals surface area contributed by atoms with Gasteiger partial charge in [0.15, 0.2) is 5.82 Å². The number of anilines is 2. The number of fused-ring (bicyclic) bond motifs is 2. The van der Waals surface area contributed by atoms with Crippen molar-refractivity contribution in [2.45, 2.75) is 38.6 Å². The summed E-state index contributed by atoms with van der Waals surface area (Å²) >= 11 is 1.28. The Hall–Kier alpha value is -1.30. The quantitative estimate of drug-likeness (QED) is 0.796. The van der Waals surface area contributed by atoms with Crippen LogP contribution in [0.5, 0.6) is 0 Å². The molecule has 6 heteroatoms. The lowest BCUT2D eigenvalue weighted by molar-refractivity contribution is 0.0965. The first-order valence-electron chi connectivity index (χ1n) is 7.34. The minimum atomic E-state index is -0.168. The topological polar surface area (TPSA) is 80.0 Å². The van der Waals surface area contributed by atoms with Gasteiger partial charge in [-0.3, -0.25) is 4.79 Å². The summed E-state index contributed by atoms with van der Waals surface area (Å²) < 4.78 is 4.11. The molecule has 0 saturated heterocycles. The Bertz CT molecular complexity index is 515. The standard InChI is InChI=1S/C14H22N4OS/c1-7(10-6-8-3-4-9(10)5-8)17-14-11(13(19)16-2)12(15)18-20-14/h7-10,17H,3-6H2,1-2H3,(H2,15,18)(H,16,19). The van der Waals surface area contributed by atoms with Gasteiger partial charge in [-0.1, -0.05) is 6.42 Å². The Morgan fingerprint density at radius 3 is 2.85 bits per heavy atom. The van der Waals surface area contributed by atoms with Gasteiger partial charge in [-0.15, -0.1) is 0 Å². The zero-order valence-electron chi connectivity index (χ0n) is 12.0. The fraction of sp³-hybridized carbons (Fsp3) is 0.714. The van der Waals surface area contributed by atoms with Crippen molar-refractivity contribution in [3.8, 4) is 0 Å². The summed E-state index contributed by atoms with van der Waals surface area (Å²) in [5.41, 5.74) is 6.30. The average Bonchev–Trinajstić information content (AvgIpc) is 3.13. The molecule has 4 atom stereocenters. The smallest absolute Gasteiger partial charge is 0.257 e. The number of nitrogens with zero attached hydrogens (tertiary/aromatic N) is 1. The van der Waals surface area contributed by atoms with Gasteiger partial charge >= 0.3 is 0 Å². The van der Waals surface area contributed by atoms with E-state index in [1.807, 2.05) is 0 Å². The van der Waals surface area contributed by atoms with Crippen molar-refractivity contribution in [1.29, 1.82) is 0 Å². The summed E-state index contributed by atoms with van der Waals surface area (Å²) in [6, 6.07) is 0.369. The number of carbonyl (C=O) groups is 1. The lowest BCUT2D eigenvalue weighted by atomic mass is 9.84. The molecular weight excluding hydrogens is 272 g/mol. The van der Waals surface area contributed by atoms with Crippen LogP contribution in [0.3, 0.4) is 0 Å². The zero-order chi connectivity index (χ0) is 14.3. The van der Waals surface area contributed by atoms with Gasteiger partial charge in [-0.25, -0.2) is 0 Å². The summed E-state index contributed by atoms with van der Waals surface area (Å²) in [6.07, 6.45) is 5.49. The minimum Gasteiger partial charge on any atom is -0.382 e. The molecule has 1 heterocycles. The van der Waals surface area contributed by atoms with Gasteiger partial charge in [0, 0.05) is 13.1 Å². The second kappa shape index (κ2) is 5.24. The number of hydrogen-bond donors (Lipinski definition) is 3. The highest BCUT2D eigenvalue weighted by molar-refractivity contribution is 7.11. The molecule has 4 N–H and O–H groups in total. The van der Waals surface area contributed by atoms with Crippen LogP contribution < -0.4 is 16.4 Å². The fourth-order valence-electron chi connectivity index (χ4n) is 3.97. The van der Waals surface area contributed by atoms with Crippen molar-refractivity contribution in [3.63, 3.8) is 0 Å². The highest BCUT2D eigenvalue weighted by Crippen LogP contribution is 2.50. The monoisotopic (exact) mass is 294 g/mol. The fourth-order valence-corrected chi connectivity index (χ4v) is 4.77. The van der Waals surface area contributed by atoms with Crippen LogP contribution in [0.2, 0.25) is 0 Å². The Morgan fingerprint density at radius 1 is 1.45 bits per heavy atom. The van der Waals surface area contributed by atoms with Crippen LogP contribution in [0.4, 0.5) is 10.8 Å². The molecule has 0 aromatic carbocycles. The lowest BCUT2D eigenvalue weighted by Crippen LogP contribution is -2.30. The molecule has 2 aliphatic carbocycles. The molecule has 110 valence electrons. The summed E-state index contributed by atoms with van der Waals surface area (Å²) in [6.45, 7) is 2.22. The third-order valence-electron chi connectivity index (χ3n) is 4.97. The number of aromatic nitrogens is 1. The number of nitrogen functional groups attached to an aromatic ring is 1. The molecule has 5 nitrogen and oxygen atoms in total. The molecule has 1 amide bonds. The van der Waals surface area contributed by atoms with Gasteiger partial charge in [0.05, 0.1) is 0 Å². The summed E-state index contributed by atoms with van der Waals surface area (Å²) in [4.78, 5) is 11.9. The molecule has 2 aliphatic rings. The lowest BCUT2D eigenvalue weighted by Gasteiger charge is -2.28. The highest BCUT2D eigenvalue weighted by atomic mass is 32.1. The van der Waals surface area contributed by atoms with E-state index < -0.39 is 0 Å². The van der Waals surface area contributed by atoms with E-state index in [4.69, 9.17) is 5.73 Å². The van der Waals surface area contributed by atoms with E-state index in [9.17, 15) is 4.79 Å². The van der Waals surface area contributed by atoms with E-state index in [1.54, 1.807) is 7.05 Å². The van der Waals surface area contributed by atoms with E-state index in [0.717, 1.165) is 22.8 Å². The predicted octanol–water partition coefficient (Wildman–Crippen LogP) is 2.32. The molecule has 2 bridgehead atoms. The zero-order valence-corrected chi connectivity index (χ0v) is 12.8. The predicted molar refractivity (Wildman–Crippen MR) is 81.9 cm³/mol. The first kappa shape index (κ1) is 13.7. The minimum absolute atomic E-state index is 0.168. The molecule has 4 unspecified atom stereocenters. The van der Waals surface area contributed by atoms with Gasteiger partial charge in [0.1, 0.15) is 10.6 Å². The molecular formula is C14H22N4OS. The number of rotatable bonds is 4. The van der Waals surface area contributed by atoms with E-state index in [-0.39, 0.29) is 5.91 Å². The van der Waals surface area contributed by atoms with Crippen LogP contribution >= 0.6 is 11.5 Å². The third-order valence-corrected chi connectivity index (χ3v) is 5.76. The Balaban J connectivity index is 1.73. The van der Waals surface area contributed by atoms with Crippen molar-refractivity contribution < 1.29 is 4.79 Å². The molecule has 1 aromatic rings. The summed E-state index contributed by atoms with van der Waals surface area (Å²) in [5, 5.41) is 6.92. The second-order valence-corrected chi connectivity index (χ2v) is 6.90. The number of nitrogens with two attached hydrogens (primary N) is 1. The number of carbonyl (C=O) groups excluding carboxylic acids is 1. The number of amides is 1. The average molecular weight is 294 g/mol. The normalized spacial score (nSPS) is 29.4. The van der Waals surface area contributed by atoms with Gasteiger partial charge in [-0.05, 0) is 55.5 Å². The number of nitrogens with one attached hydrogen (secondary N) is 2. The van der Waals surface area contributed by atoms with E-state index in [1.165, 1.54) is 37.2 Å². The van der Waals surface area contributed by atoms with E-state index in [2.05, 4.69) is 21.9 Å². The van der Waals surface area contributed by atoms with Crippen molar-refractivity contribution in [2.24, 2.45) is 17.8 Å². The van der Waals surface area contributed by atoms with E-state index in [0.29, 0.717) is 17.4 Å². The molecule has 1 aromatic heterocycles. The summed E-state index contributed by atoms with van der Waals surface area (Å²) in [7, 11) is 1.61. The van der Waals surface area contributed by atoms with Crippen LogP contribution in [0.25, 0.3) is 0 Å². The van der Waals surface area contributed by atoms with Crippen molar-refractivity contribution in [1.82, 2.24) is 9.69 Å². The molecule has 20 heavy (non-hydrogen) atoms. The SMILES string of the molecule is CNC(=O)c1c(N)nsc1NC(C)C1CC2CCC1C2. The Morgan fingerprint density at radius 2 is 2.25 bits per heavy atom. The van der Waals surface area contributed by atoms with Crippen molar-refractivity contribution in [3.05, 3.63) is 5.56 Å². The maximum Gasteiger partial charge on any atom is 0.257 e. The van der Waals surface area contributed by atoms with Gasteiger partial charge < -0.3 is 16.4 Å². The Kier molecular flexibility index (Phi) is 3.58. The van der Waals surface area contributed by atoms with Crippen LogP contribution in [0.1, 0.15) is 43.0 Å². The molecule has 0 radical (unpaired) electrons. The van der Waals surface area contributed by atoms with E-state index >= 15 is 0 Å². The summed E-state index contributed by atoms with van der Waals surface area (Å²) in [5.74, 6) is 2.65. The largest absolute Gasteiger partial charge is 0.382 e. The Labute approximate surface area is 123 Å². The maximum absolute atomic E-state index is 11.9. The van der Waals surface area contributed by atoms with Crippen LogP contribution in [0.15, 0.2) is 0 Å². The van der Waals surface area contributed by atoms with Crippen LogP contribution in [0, 0.1) is 17.8 Å². The maximum atomic E-state index is 11.9. The molecule has 2 saturated carbocycles.